The molecule has 0 spiro atoms. The van der Waals surface area contributed by atoms with Gasteiger partial charge in [-0.2, -0.15) is 13.2 Å². The van der Waals surface area contributed by atoms with Gasteiger partial charge in [-0.3, -0.25) is 0 Å². The number of nitrogens with one attached hydrogen (secondary N) is 1. The predicted octanol–water partition coefficient (Wildman–Crippen LogP) is 3.78. The molecule has 1 aliphatic carbocycles. The summed E-state index contributed by atoms with van der Waals surface area (Å²) in [5.41, 5.74) is -0.125. The molecule has 2 unspecified atom stereocenters. The summed E-state index contributed by atoms with van der Waals surface area (Å²) < 4.78 is 51.0. The third kappa shape index (κ3) is 2.55. The monoisotopic (exact) mass is 287 g/mol. The van der Waals surface area contributed by atoms with E-state index in [0.717, 1.165) is 37.9 Å². The molecule has 0 radical (unpaired) electrons. The van der Waals surface area contributed by atoms with Crippen LogP contribution in [0.15, 0.2) is 18.2 Å². The Morgan fingerprint density at radius 3 is 2.65 bits per heavy atom. The van der Waals surface area contributed by atoms with E-state index in [4.69, 9.17) is 0 Å². The first-order chi connectivity index (χ1) is 9.41. The van der Waals surface area contributed by atoms with Crippen LogP contribution in [0.3, 0.4) is 0 Å². The normalized spacial score (nSPS) is 28.5. The molecule has 1 N–H and O–H groups in total. The van der Waals surface area contributed by atoms with Crippen LogP contribution in [0.4, 0.5) is 17.6 Å². The van der Waals surface area contributed by atoms with Gasteiger partial charge in [0.05, 0.1) is 5.56 Å². The van der Waals surface area contributed by atoms with Gasteiger partial charge in [0.2, 0.25) is 0 Å². The molecule has 2 aliphatic rings. The summed E-state index contributed by atoms with van der Waals surface area (Å²) >= 11 is 0. The Morgan fingerprint density at radius 1 is 1.30 bits per heavy atom. The van der Waals surface area contributed by atoms with E-state index in [1.807, 2.05) is 0 Å². The number of fused-ring (bicyclic) bond motifs is 1. The lowest BCUT2D eigenvalue weighted by molar-refractivity contribution is -0.137. The van der Waals surface area contributed by atoms with Crippen LogP contribution < -0.4 is 5.32 Å². The van der Waals surface area contributed by atoms with Crippen LogP contribution in [0.5, 0.6) is 0 Å². The maximum Gasteiger partial charge on any atom is 0.416 e. The third-order valence-corrected chi connectivity index (χ3v) is 4.73. The van der Waals surface area contributed by atoms with E-state index in [1.54, 1.807) is 0 Å². The minimum Gasteiger partial charge on any atom is -0.316 e. The number of benzene rings is 1. The van der Waals surface area contributed by atoms with Crippen LogP contribution in [0.1, 0.15) is 30.4 Å². The summed E-state index contributed by atoms with van der Waals surface area (Å²) in [5.74, 6) is 0.0224. The molecule has 1 saturated carbocycles. The van der Waals surface area contributed by atoms with Gasteiger partial charge in [0.15, 0.2) is 0 Å². The van der Waals surface area contributed by atoms with Gasteiger partial charge in [-0.25, -0.2) is 4.39 Å². The fraction of sp³-hybridized carbons (Fsp3) is 0.600. The van der Waals surface area contributed by atoms with Crippen LogP contribution in [0.2, 0.25) is 0 Å². The lowest BCUT2D eigenvalue weighted by Crippen LogP contribution is -2.16. The van der Waals surface area contributed by atoms with Crippen molar-refractivity contribution in [2.75, 3.05) is 13.1 Å². The first-order valence-electron chi connectivity index (χ1n) is 6.97. The fourth-order valence-electron chi connectivity index (χ4n) is 3.38. The maximum absolute atomic E-state index is 13.7. The molecular formula is C15H17F4N. The highest BCUT2D eigenvalue weighted by molar-refractivity contribution is 5.26. The molecule has 0 aromatic heterocycles. The number of halogens is 4. The van der Waals surface area contributed by atoms with Crippen LogP contribution in [-0.2, 0) is 12.6 Å². The second-order valence-electron chi connectivity index (χ2n) is 6.05. The highest BCUT2D eigenvalue weighted by Crippen LogP contribution is 2.58. The van der Waals surface area contributed by atoms with E-state index in [-0.39, 0.29) is 0 Å². The smallest absolute Gasteiger partial charge is 0.316 e. The number of aryl methyl sites for hydroxylation is 1. The Hall–Kier alpha value is -1.10. The van der Waals surface area contributed by atoms with E-state index in [2.05, 4.69) is 5.32 Å². The first-order valence-corrected chi connectivity index (χ1v) is 6.97. The zero-order chi connectivity index (χ0) is 14.4. The minimum absolute atomic E-state index is 0.387. The Balaban J connectivity index is 1.58. The Bertz CT molecular complexity index is 511. The second-order valence-corrected chi connectivity index (χ2v) is 6.05. The van der Waals surface area contributed by atoms with Gasteiger partial charge < -0.3 is 5.32 Å². The van der Waals surface area contributed by atoms with Crippen molar-refractivity contribution in [2.45, 2.75) is 31.9 Å². The zero-order valence-electron chi connectivity index (χ0n) is 11.1. The lowest BCUT2D eigenvalue weighted by Gasteiger charge is -2.12. The topological polar surface area (TPSA) is 12.0 Å². The van der Waals surface area contributed by atoms with E-state index in [1.165, 1.54) is 12.5 Å². The molecule has 1 aliphatic heterocycles. The number of piperidine rings is 1. The third-order valence-electron chi connectivity index (χ3n) is 4.73. The first kappa shape index (κ1) is 13.9. The summed E-state index contributed by atoms with van der Waals surface area (Å²) in [6, 6.07) is 2.84. The fourth-order valence-corrected chi connectivity index (χ4v) is 3.38. The molecule has 1 aromatic rings. The largest absolute Gasteiger partial charge is 0.416 e. The summed E-state index contributed by atoms with van der Waals surface area (Å²) in [6.07, 6.45) is -0.853. The van der Waals surface area contributed by atoms with Crippen molar-refractivity contribution in [1.29, 1.82) is 0 Å². The van der Waals surface area contributed by atoms with Crippen molar-refractivity contribution < 1.29 is 17.6 Å². The highest BCUT2D eigenvalue weighted by Gasteiger charge is 2.55. The lowest BCUT2D eigenvalue weighted by atomic mass is 9.96. The minimum atomic E-state index is -4.48. The van der Waals surface area contributed by atoms with Gasteiger partial charge in [-0.15, -0.1) is 0 Å². The van der Waals surface area contributed by atoms with Crippen LogP contribution in [0.25, 0.3) is 0 Å². The molecule has 5 heteroatoms. The standard InChI is InChI=1S/C15H17F4N/c16-13-6-11(15(17,18)19)4-3-10(13)2-1-5-14-7-12(14)8-20-9-14/h3-4,6,12,20H,1-2,5,7-9H2. The Labute approximate surface area is 115 Å². The van der Waals surface area contributed by atoms with Crippen molar-refractivity contribution in [2.24, 2.45) is 11.3 Å². The van der Waals surface area contributed by atoms with Gasteiger partial charge in [0.1, 0.15) is 5.82 Å². The molecule has 3 rings (SSSR count). The molecule has 0 amide bonds. The summed E-state index contributed by atoms with van der Waals surface area (Å²) in [7, 11) is 0. The SMILES string of the molecule is Fc1cc(C(F)(F)F)ccc1CCCC12CNCC1C2. The molecular weight excluding hydrogens is 270 g/mol. The van der Waals surface area contributed by atoms with Crippen molar-refractivity contribution in [1.82, 2.24) is 5.32 Å². The molecule has 1 nitrogen and oxygen atoms in total. The average Bonchev–Trinajstić information content (AvgIpc) is 2.91. The van der Waals surface area contributed by atoms with Gasteiger partial charge in [0, 0.05) is 6.54 Å². The van der Waals surface area contributed by atoms with Crippen LogP contribution in [-0.4, -0.2) is 13.1 Å². The molecule has 2 fully saturated rings. The molecule has 20 heavy (non-hydrogen) atoms. The number of hydrogen-bond donors (Lipinski definition) is 1. The molecule has 2 atom stereocenters. The summed E-state index contributed by atoms with van der Waals surface area (Å²) in [5, 5.41) is 3.35. The Kier molecular flexibility index (Phi) is 3.27. The van der Waals surface area contributed by atoms with Crippen molar-refractivity contribution in [3.05, 3.63) is 35.1 Å². The van der Waals surface area contributed by atoms with Crippen LogP contribution >= 0.6 is 0 Å². The molecule has 1 aromatic carbocycles. The highest BCUT2D eigenvalue weighted by atomic mass is 19.4. The van der Waals surface area contributed by atoms with Crippen LogP contribution in [0, 0.1) is 17.2 Å². The Morgan fingerprint density at radius 2 is 2.10 bits per heavy atom. The van der Waals surface area contributed by atoms with E-state index < -0.39 is 17.6 Å². The molecule has 0 bridgehead atoms. The van der Waals surface area contributed by atoms with Crippen molar-refractivity contribution in [3.8, 4) is 0 Å². The quantitative estimate of drug-likeness (QED) is 0.831. The van der Waals surface area contributed by atoms with Crippen molar-refractivity contribution in [3.63, 3.8) is 0 Å². The van der Waals surface area contributed by atoms with Gasteiger partial charge in [-0.1, -0.05) is 6.07 Å². The summed E-state index contributed by atoms with van der Waals surface area (Å²) in [4.78, 5) is 0. The molecule has 1 heterocycles. The summed E-state index contributed by atoms with van der Waals surface area (Å²) in [6.45, 7) is 2.11. The predicted molar refractivity (Wildman–Crippen MR) is 67.7 cm³/mol. The maximum atomic E-state index is 13.7. The van der Waals surface area contributed by atoms with E-state index in [0.29, 0.717) is 23.5 Å². The van der Waals surface area contributed by atoms with Gasteiger partial charge in [-0.05, 0) is 61.3 Å². The second kappa shape index (κ2) is 4.72. The van der Waals surface area contributed by atoms with Crippen molar-refractivity contribution >= 4 is 0 Å². The van der Waals surface area contributed by atoms with Gasteiger partial charge in [0.25, 0.3) is 0 Å². The molecule has 110 valence electrons. The van der Waals surface area contributed by atoms with E-state index in [9.17, 15) is 17.6 Å². The van der Waals surface area contributed by atoms with E-state index >= 15 is 0 Å². The molecule has 1 saturated heterocycles. The van der Waals surface area contributed by atoms with Gasteiger partial charge >= 0.3 is 6.18 Å². The zero-order valence-corrected chi connectivity index (χ0v) is 11.1. The number of hydrogen-bond acceptors (Lipinski definition) is 1. The number of alkyl halides is 3. The number of rotatable bonds is 4. The average molecular weight is 287 g/mol.